The molecular weight excluding hydrogens is 356 g/mol. The highest BCUT2D eigenvalue weighted by Gasteiger charge is 2.08. The van der Waals surface area contributed by atoms with E-state index in [0.29, 0.717) is 6.54 Å². The van der Waals surface area contributed by atoms with Gasteiger partial charge in [0.15, 0.2) is 5.96 Å². The van der Waals surface area contributed by atoms with Crippen molar-refractivity contribution >= 4 is 34.5 Å². The van der Waals surface area contributed by atoms with E-state index in [-0.39, 0.29) is 35.4 Å². The Morgan fingerprint density at radius 3 is 2.26 bits per heavy atom. The number of nitrogens with two attached hydrogens (primary N) is 1. The molecule has 2 aromatic rings. The molecular formula is C17H21BrN4O. The summed E-state index contributed by atoms with van der Waals surface area (Å²) < 4.78 is 0. The maximum absolute atomic E-state index is 12.0. The van der Waals surface area contributed by atoms with Gasteiger partial charge < -0.3 is 16.0 Å². The molecule has 0 spiro atoms. The zero-order chi connectivity index (χ0) is 15.8. The average Bonchev–Trinajstić information content (AvgIpc) is 2.54. The number of nitrogens with one attached hydrogen (secondary N) is 1. The van der Waals surface area contributed by atoms with Gasteiger partial charge in [0, 0.05) is 19.3 Å². The number of aliphatic imine (C=N–C) groups is 1. The molecule has 5 nitrogen and oxygen atoms in total. The standard InChI is InChI=1S/C17H20N4O.BrH/c1-21(13-14-8-4-2-5-9-14)16(22)12-19-17(18)20-15-10-6-3-7-11-15;/h2-11H,12-13H2,1H3,(H3,18,19,20);1H. The summed E-state index contributed by atoms with van der Waals surface area (Å²) in [6, 6.07) is 19.3. The Bertz CT molecular complexity index is 632. The van der Waals surface area contributed by atoms with Crippen LogP contribution in [0.5, 0.6) is 0 Å². The molecule has 0 radical (unpaired) electrons. The second-order valence-electron chi connectivity index (χ2n) is 4.93. The van der Waals surface area contributed by atoms with Crippen molar-refractivity contribution in [2.75, 3.05) is 18.9 Å². The van der Waals surface area contributed by atoms with Gasteiger partial charge in [-0.25, -0.2) is 4.99 Å². The van der Waals surface area contributed by atoms with Crippen molar-refractivity contribution in [3.8, 4) is 0 Å². The van der Waals surface area contributed by atoms with Gasteiger partial charge in [0.25, 0.3) is 0 Å². The number of hydrogen-bond acceptors (Lipinski definition) is 2. The number of hydrogen-bond donors (Lipinski definition) is 2. The summed E-state index contributed by atoms with van der Waals surface area (Å²) in [7, 11) is 1.76. The van der Waals surface area contributed by atoms with Crippen LogP contribution >= 0.6 is 17.0 Å². The summed E-state index contributed by atoms with van der Waals surface area (Å²) in [5.74, 6) is 0.148. The van der Waals surface area contributed by atoms with Gasteiger partial charge in [0.05, 0.1) is 0 Å². The van der Waals surface area contributed by atoms with Crippen LogP contribution in [-0.4, -0.2) is 30.4 Å². The van der Waals surface area contributed by atoms with Gasteiger partial charge >= 0.3 is 0 Å². The zero-order valence-corrected chi connectivity index (χ0v) is 14.7. The van der Waals surface area contributed by atoms with E-state index in [2.05, 4.69) is 10.3 Å². The maximum atomic E-state index is 12.0. The van der Waals surface area contributed by atoms with Gasteiger partial charge in [-0.2, -0.15) is 0 Å². The Morgan fingerprint density at radius 1 is 1.09 bits per heavy atom. The molecule has 0 atom stereocenters. The molecule has 2 aromatic carbocycles. The highest BCUT2D eigenvalue weighted by molar-refractivity contribution is 8.93. The monoisotopic (exact) mass is 376 g/mol. The number of carbonyl (C=O) groups excluding carboxylic acids is 1. The third kappa shape index (κ3) is 6.52. The molecule has 0 aliphatic carbocycles. The third-order valence-electron chi connectivity index (χ3n) is 3.12. The van der Waals surface area contributed by atoms with Crippen molar-refractivity contribution in [3.63, 3.8) is 0 Å². The lowest BCUT2D eigenvalue weighted by Crippen LogP contribution is -2.30. The Balaban J connectivity index is 0.00000264. The smallest absolute Gasteiger partial charge is 0.244 e. The number of para-hydroxylation sites is 1. The zero-order valence-electron chi connectivity index (χ0n) is 13.0. The summed E-state index contributed by atoms with van der Waals surface area (Å²) in [6.07, 6.45) is 0. The first-order valence-electron chi connectivity index (χ1n) is 7.05. The largest absolute Gasteiger partial charge is 0.370 e. The molecule has 3 N–H and O–H groups in total. The van der Waals surface area contributed by atoms with E-state index in [0.717, 1.165) is 11.3 Å². The van der Waals surface area contributed by atoms with E-state index in [9.17, 15) is 4.79 Å². The second-order valence-corrected chi connectivity index (χ2v) is 4.93. The van der Waals surface area contributed by atoms with Gasteiger partial charge in [0.1, 0.15) is 6.54 Å². The SMILES string of the molecule is Br.CN(Cc1ccccc1)C(=O)CN=C(N)Nc1ccccc1. The van der Waals surface area contributed by atoms with Crippen LogP contribution in [0.15, 0.2) is 65.7 Å². The molecule has 1 amide bonds. The van der Waals surface area contributed by atoms with E-state index >= 15 is 0 Å². The summed E-state index contributed by atoms with van der Waals surface area (Å²) >= 11 is 0. The van der Waals surface area contributed by atoms with Crippen LogP contribution < -0.4 is 11.1 Å². The Hall–Kier alpha value is -2.34. The minimum Gasteiger partial charge on any atom is -0.370 e. The van der Waals surface area contributed by atoms with E-state index in [1.807, 2.05) is 60.7 Å². The van der Waals surface area contributed by atoms with Crippen molar-refractivity contribution in [2.24, 2.45) is 10.7 Å². The lowest BCUT2D eigenvalue weighted by atomic mass is 10.2. The number of nitrogens with zero attached hydrogens (tertiary/aromatic N) is 2. The fourth-order valence-electron chi connectivity index (χ4n) is 1.93. The molecule has 0 unspecified atom stereocenters. The van der Waals surface area contributed by atoms with Crippen LogP contribution in [0.25, 0.3) is 0 Å². The highest BCUT2D eigenvalue weighted by atomic mass is 79.9. The van der Waals surface area contributed by atoms with Crippen LogP contribution in [0.1, 0.15) is 5.56 Å². The first kappa shape index (κ1) is 18.7. The molecule has 0 fully saturated rings. The summed E-state index contributed by atoms with van der Waals surface area (Å²) in [6.45, 7) is 0.580. The van der Waals surface area contributed by atoms with E-state index in [1.54, 1.807) is 11.9 Å². The molecule has 0 aromatic heterocycles. The maximum Gasteiger partial charge on any atom is 0.244 e. The Kier molecular flexibility index (Phi) is 7.83. The molecule has 0 heterocycles. The van der Waals surface area contributed by atoms with Crippen LogP contribution in [0, 0.1) is 0 Å². The number of rotatable bonds is 5. The third-order valence-corrected chi connectivity index (χ3v) is 3.12. The quantitative estimate of drug-likeness (QED) is 0.622. The first-order chi connectivity index (χ1) is 10.6. The van der Waals surface area contributed by atoms with E-state index in [1.165, 1.54) is 0 Å². The van der Waals surface area contributed by atoms with Gasteiger partial charge in [-0.15, -0.1) is 17.0 Å². The molecule has 2 rings (SSSR count). The highest BCUT2D eigenvalue weighted by Crippen LogP contribution is 2.04. The van der Waals surface area contributed by atoms with E-state index < -0.39 is 0 Å². The van der Waals surface area contributed by atoms with Crippen LogP contribution in [-0.2, 0) is 11.3 Å². The molecule has 0 saturated carbocycles. The number of anilines is 1. The number of benzene rings is 2. The molecule has 0 saturated heterocycles. The molecule has 23 heavy (non-hydrogen) atoms. The predicted octanol–water partition coefficient (Wildman–Crippen LogP) is 2.65. The summed E-state index contributed by atoms with van der Waals surface area (Å²) in [5, 5.41) is 2.94. The van der Waals surface area contributed by atoms with Gasteiger partial charge in [0.2, 0.25) is 5.91 Å². The van der Waals surface area contributed by atoms with Crippen LogP contribution in [0.3, 0.4) is 0 Å². The van der Waals surface area contributed by atoms with Crippen LogP contribution in [0.2, 0.25) is 0 Å². The van der Waals surface area contributed by atoms with Crippen molar-refractivity contribution in [2.45, 2.75) is 6.54 Å². The molecule has 6 heteroatoms. The summed E-state index contributed by atoms with van der Waals surface area (Å²) in [5.41, 5.74) is 7.70. The fraction of sp³-hybridized carbons (Fsp3) is 0.176. The lowest BCUT2D eigenvalue weighted by Gasteiger charge is -2.16. The van der Waals surface area contributed by atoms with Gasteiger partial charge in [-0.05, 0) is 17.7 Å². The second kappa shape index (κ2) is 9.63. The number of likely N-dealkylation sites (N-methyl/N-ethyl adjacent to an activating group) is 1. The normalized spacial score (nSPS) is 10.6. The Labute approximate surface area is 147 Å². The number of guanidine groups is 1. The van der Waals surface area contributed by atoms with Crippen molar-refractivity contribution < 1.29 is 4.79 Å². The molecule has 122 valence electrons. The topological polar surface area (TPSA) is 70.7 Å². The molecule has 0 bridgehead atoms. The van der Waals surface area contributed by atoms with Crippen LogP contribution in [0.4, 0.5) is 5.69 Å². The molecule has 0 aliphatic heterocycles. The average molecular weight is 377 g/mol. The minimum absolute atomic E-state index is 0. The number of halogens is 1. The van der Waals surface area contributed by atoms with Crippen molar-refractivity contribution in [1.82, 2.24) is 4.90 Å². The van der Waals surface area contributed by atoms with Crippen molar-refractivity contribution in [1.29, 1.82) is 0 Å². The van der Waals surface area contributed by atoms with Gasteiger partial charge in [-0.3, -0.25) is 4.79 Å². The number of carbonyl (C=O) groups is 1. The first-order valence-corrected chi connectivity index (χ1v) is 7.05. The predicted molar refractivity (Wildman–Crippen MR) is 99.8 cm³/mol. The van der Waals surface area contributed by atoms with Crippen molar-refractivity contribution in [3.05, 3.63) is 66.2 Å². The fourth-order valence-corrected chi connectivity index (χ4v) is 1.93. The van der Waals surface area contributed by atoms with Gasteiger partial charge in [-0.1, -0.05) is 48.5 Å². The minimum atomic E-state index is -0.0818. The molecule has 0 aliphatic rings. The number of amides is 1. The Morgan fingerprint density at radius 2 is 1.65 bits per heavy atom. The van der Waals surface area contributed by atoms with E-state index in [4.69, 9.17) is 5.73 Å². The summed E-state index contributed by atoms with van der Waals surface area (Å²) in [4.78, 5) is 17.7. The lowest BCUT2D eigenvalue weighted by molar-refractivity contribution is -0.128.